The molecule has 4 aromatic rings. The number of carbonyl (C=O) groups excluding carboxylic acids is 1. The molecule has 14 heteroatoms. The third kappa shape index (κ3) is 9.57. The molecule has 0 radical (unpaired) electrons. The van der Waals surface area contributed by atoms with Crippen molar-refractivity contribution in [1.82, 2.24) is 20.2 Å². The molecule has 0 atom stereocenters. The van der Waals surface area contributed by atoms with Gasteiger partial charge in [0.05, 0.1) is 30.6 Å². The summed E-state index contributed by atoms with van der Waals surface area (Å²) in [6, 6.07) is 16.4. The van der Waals surface area contributed by atoms with Crippen LogP contribution in [0.1, 0.15) is 30.5 Å². The van der Waals surface area contributed by atoms with Crippen LogP contribution in [0.5, 0.6) is 11.5 Å². The normalized spacial score (nSPS) is 12.1. The Balaban J connectivity index is 1.44. The molecule has 0 aliphatic heterocycles. The van der Waals surface area contributed by atoms with Gasteiger partial charge in [0.1, 0.15) is 23.8 Å². The quantitative estimate of drug-likeness (QED) is 0.0651. The SMILES string of the molecule is COc1cc(C)c(N=C(N/N=C\c2ccc(-c3ncn(-c4ccc(OC(F)(F)F)cc4)n3)cc2)SCOC(=O)C(C)C)c(C)c1. The Morgan fingerprint density at radius 1 is 1.04 bits per heavy atom. The second-order valence-electron chi connectivity index (χ2n) is 9.95. The first-order chi connectivity index (χ1) is 21.4. The van der Waals surface area contributed by atoms with Gasteiger partial charge in [-0.1, -0.05) is 38.1 Å². The number of nitrogens with one attached hydrogen (secondary N) is 1. The predicted octanol–water partition coefficient (Wildman–Crippen LogP) is 6.96. The van der Waals surface area contributed by atoms with Gasteiger partial charge in [-0.15, -0.1) is 18.3 Å². The summed E-state index contributed by atoms with van der Waals surface area (Å²) < 4.78 is 53.3. The summed E-state index contributed by atoms with van der Waals surface area (Å²) in [7, 11) is 1.61. The first-order valence-corrected chi connectivity index (χ1v) is 14.6. The number of ether oxygens (including phenoxy) is 3. The molecular weight excluding hydrogens is 609 g/mol. The summed E-state index contributed by atoms with van der Waals surface area (Å²) in [4.78, 5) is 21.0. The van der Waals surface area contributed by atoms with Crippen LogP contribution in [0.15, 0.2) is 77.1 Å². The Morgan fingerprint density at radius 2 is 1.71 bits per heavy atom. The summed E-state index contributed by atoms with van der Waals surface area (Å²) in [5, 5.41) is 9.19. The Kier molecular flexibility index (Phi) is 10.8. The summed E-state index contributed by atoms with van der Waals surface area (Å²) >= 11 is 1.20. The highest BCUT2D eigenvalue weighted by Gasteiger charge is 2.31. The standard InChI is InChI=1S/C31H31F3N6O4S/c1-19(2)29(41)43-18-45-30(37-27-20(3)14-26(42-5)15-21(27)4)38-36-16-22-6-8-23(9-7-22)28-35-17-40(39-28)24-10-12-25(13-11-24)44-31(32,33)34/h6-17,19H,18H2,1-5H3,(H,37,38)/b36-16-. The van der Waals surface area contributed by atoms with Crippen molar-refractivity contribution < 1.29 is 32.2 Å². The van der Waals surface area contributed by atoms with Gasteiger partial charge in [0.25, 0.3) is 0 Å². The van der Waals surface area contributed by atoms with E-state index in [9.17, 15) is 18.0 Å². The molecule has 1 heterocycles. The fourth-order valence-corrected chi connectivity index (χ4v) is 4.47. The topological polar surface area (TPSA) is 112 Å². The van der Waals surface area contributed by atoms with E-state index in [-0.39, 0.29) is 23.6 Å². The molecule has 0 aliphatic rings. The van der Waals surface area contributed by atoms with Crippen molar-refractivity contribution in [2.75, 3.05) is 13.0 Å². The molecule has 0 fully saturated rings. The number of aryl methyl sites for hydroxylation is 2. The second-order valence-corrected chi connectivity index (χ2v) is 10.9. The number of methoxy groups -OCH3 is 1. The number of alkyl halides is 3. The number of hydrogen-bond donors (Lipinski definition) is 1. The van der Waals surface area contributed by atoms with Crippen LogP contribution in [-0.4, -0.2) is 51.5 Å². The minimum atomic E-state index is -4.76. The summed E-state index contributed by atoms with van der Waals surface area (Å²) in [5.74, 6) is 0.342. The number of thioether (sulfide) groups is 1. The lowest BCUT2D eigenvalue weighted by atomic mass is 10.1. The van der Waals surface area contributed by atoms with E-state index in [0.29, 0.717) is 16.7 Å². The molecule has 0 spiro atoms. The molecule has 0 aliphatic carbocycles. The molecular formula is C31H31F3N6O4S. The number of benzene rings is 3. The van der Waals surface area contributed by atoms with Crippen LogP contribution < -0.4 is 14.9 Å². The molecule has 0 unspecified atom stereocenters. The summed E-state index contributed by atoms with van der Waals surface area (Å²) in [6.07, 6.45) is -1.68. The van der Waals surface area contributed by atoms with Crippen LogP contribution in [-0.2, 0) is 9.53 Å². The highest BCUT2D eigenvalue weighted by Crippen LogP contribution is 2.30. The maximum absolute atomic E-state index is 12.4. The summed E-state index contributed by atoms with van der Waals surface area (Å²) in [5.41, 5.74) is 7.54. The Morgan fingerprint density at radius 3 is 2.31 bits per heavy atom. The molecule has 236 valence electrons. The van der Waals surface area contributed by atoms with E-state index < -0.39 is 6.36 Å². The van der Waals surface area contributed by atoms with Gasteiger partial charge in [-0.2, -0.15) is 5.10 Å². The lowest BCUT2D eigenvalue weighted by molar-refractivity contribution is -0.274. The highest BCUT2D eigenvalue weighted by molar-refractivity contribution is 8.13. The molecule has 4 rings (SSSR count). The van der Waals surface area contributed by atoms with E-state index in [1.54, 1.807) is 27.2 Å². The molecule has 0 amide bonds. The minimum Gasteiger partial charge on any atom is -0.497 e. The smallest absolute Gasteiger partial charge is 0.497 e. The number of hydrazone groups is 1. The maximum Gasteiger partial charge on any atom is 0.573 e. The largest absolute Gasteiger partial charge is 0.573 e. The van der Waals surface area contributed by atoms with Gasteiger partial charge >= 0.3 is 12.3 Å². The zero-order valence-corrected chi connectivity index (χ0v) is 25.9. The van der Waals surface area contributed by atoms with Crippen LogP contribution in [0.3, 0.4) is 0 Å². The minimum absolute atomic E-state index is 0.0619. The third-order valence-electron chi connectivity index (χ3n) is 6.15. The molecule has 1 aromatic heterocycles. The van der Waals surface area contributed by atoms with Crippen molar-refractivity contribution >= 4 is 34.8 Å². The van der Waals surface area contributed by atoms with E-state index in [2.05, 4.69) is 25.3 Å². The van der Waals surface area contributed by atoms with Gasteiger partial charge in [0, 0.05) is 5.56 Å². The Bertz CT molecular complexity index is 1650. The lowest BCUT2D eigenvalue weighted by Gasteiger charge is -2.11. The average Bonchev–Trinajstić information content (AvgIpc) is 3.48. The first kappa shape index (κ1) is 33.1. The number of aliphatic imine (C=N–C) groups is 1. The Labute approximate surface area is 262 Å². The van der Waals surface area contributed by atoms with Crippen LogP contribution >= 0.6 is 11.8 Å². The molecule has 0 saturated heterocycles. The second kappa shape index (κ2) is 14.8. The highest BCUT2D eigenvalue weighted by atomic mass is 32.2. The van der Waals surface area contributed by atoms with Gasteiger partial charge < -0.3 is 14.2 Å². The van der Waals surface area contributed by atoms with Crippen molar-refractivity contribution in [3.05, 3.63) is 83.7 Å². The lowest BCUT2D eigenvalue weighted by Crippen LogP contribution is -2.17. The van der Waals surface area contributed by atoms with E-state index in [0.717, 1.165) is 33.7 Å². The van der Waals surface area contributed by atoms with E-state index >= 15 is 0 Å². The van der Waals surface area contributed by atoms with Crippen LogP contribution in [0, 0.1) is 19.8 Å². The van der Waals surface area contributed by atoms with Crippen molar-refractivity contribution in [1.29, 1.82) is 0 Å². The van der Waals surface area contributed by atoms with Crippen molar-refractivity contribution in [2.24, 2.45) is 16.0 Å². The molecule has 1 N–H and O–H groups in total. The summed E-state index contributed by atoms with van der Waals surface area (Å²) in [6.45, 7) is 7.39. The zero-order valence-electron chi connectivity index (χ0n) is 25.1. The van der Waals surface area contributed by atoms with Crippen LogP contribution in [0.4, 0.5) is 18.9 Å². The van der Waals surface area contributed by atoms with Crippen molar-refractivity contribution in [3.63, 3.8) is 0 Å². The maximum atomic E-state index is 12.4. The van der Waals surface area contributed by atoms with Crippen molar-refractivity contribution in [3.8, 4) is 28.6 Å². The van der Waals surface area contributed by atoms with Crippen LogP contribution in [0.2, 0.25) is 0 Å². The number of amidine groups is 1. The molecule has 3 aromatic carbocycles. The number of aromatic nitrogens is 3. The number of carbonyl (C=O) groups is 1. The predicted molar refractivity (Wildman–Crippen MR) is 167 cm³/mol. The Hall–Kier alpha value is -4.85. The molecule has 0 bridgehead atoms. The van der Waals surface area contributed by atoms with Gasteiger partial charge in [-0.3, -0.25) is 10.2 Å². The number of nitrogens with zero attached hydrogens (tertiary/aromatic N) is 5. The average molecular weight is 641 g/mol. The fourth-order valence-electron chi connectivity index (χ4n) is 3.91. The van der Waals surface area contributed by atoms with Gasteiger partial charge in [-0.05, 0) is 78.7 Å². The molecule has 10 nitrogen and oxygen atoms in total. The first-order valence-electron chi connectivity index (χ1n) is 13.6. The van der Waals surface area contributed by atoms with E-state index in [1.165, 1.54) is 47.0 Å². The number of rotatable bonds is 10. The molecule has 45 heavy (non-hydrogen) atoms. The van der Waals surface area contributed by atoms with Crippen molar-refractivity contribution in [2.45, 2.75) is 34.1 Å². The fraction of sp³-hybridized carbons (Fsp3) is 0.258. The number of halogens is 3. The third-order valence-corrected chi connectivity index (χ3v) is 6.84. The van der Waals surface area contributed by atoms with E-state index in [4.69, 9.17) is 14.5 Å². The molecule has 0 saturated carbocycles. The van der Waals surface area contributed by atoms with Gasteiger partial charge in [-0.25, -0.2) is 14.7 Å². The van der Waals surface area contributed by atoms with Gasteiger partial charge in [0.15, 0.2) is 11.0 Å². The van der Waals surface area contributed by atoms with E-state index in [1.807, 2.05) is 50.2 Å². The number of hydrogen-bond acceptors (Lipinski definition) is 9. The van der Waals surface area contributed by atoms with Gasteiger partial charge in [0.2, 0.25) is 0 Å². The monoisotopic (exact) mass is 640 g/mol. The van der Waals surface area contributed by atoms with Crippen LogP contribution in [0.25, 0.3) is 17.1 Å². The zero-order chi connectivity index (χ0) is 32.6. The number of esters is 1.